The minimum absolute atomic E-state index is 0.232. The molecule has 0 bridgehead atoms. The van der Waals surface area contributed by atoms with Crippen LogP contribution in [0.25, 0.3) is 0 Å². The van der Waals surface area contributed by atoms with E-state index in [4.69, 9.17) is 4.74 Å². The number of hydrogen-bond donors (Lipinski definition) is 1. The molecule has 1 aromatic carbocycles. The van der Waals surface area contributed by atoms with Gasteiger partial charge in [0.1, 0.15) is 0 Å². The van der Waals surface area contributed by atoms with Gasteiger partial charge in [-0.15, -0.1) is 0 Å². The molecule has 6 heteroatoms. The predicted octanol–water partition coefficient (Wildman–Crippen LogP) is 3.87. The van der Waals surface area contributed by atoms with Gasteiger partial charge in [0, 0.05) is 5.69 Å². The first-order chi connectivity index (χ1) is 8.43. The third kappa shape index (κ3) is 4.65. The van der Waals surface area contributed by atoms with Crippen LogP contribution in [0.3, 0.4) is 0 Å². The number of rotatable bonds is 4. The van der Waals surface area contributed by atoms with Gasteiger partial charge < -0.3 is 4.74 Å². The number of nitrogens with one attached hydrogen (secondary N) is 1. The lowest BCUT2D eigenvalue weighted by molar-refractivity contribution is -0.137. The Morgan fingerprint density at radius 2 is 1.89 bits per heavy atom. The number of benzene rings is 1. The van der Waals surface area contributed by atoms with Crippen LogP contribution in [0, 0.1) is 6.92 Å². The van der Waals surface area contributed by atoms with E-state index in [1.807, 2.05) is 0 Å². The first kappa shape index (κ1) is 14.3. The van der Waals surface area contributed by atoms with Crippen LogP contribution in [0.4, 0.5) is 23.7 Å². The third-order valence-corrected chi connectivity index (χ3v) is 2.09. The molecular weight excluding hydrogens is 247 g/mol. The second kappa shape index (κ2) is 6.28. The molecule has 3 nitrogen and oxygen atoms in total. The molecule has 0 saturated heterocycles. The summed E-state index contributed by atoms with van der Waals surface area (Å²) in [4.78, 5) is 11.2. The van der Waals surface area contributed by atoms with E-state index < -0.39 is 17.8 Å². The monoisotopic (exact) mass is 260 g/mol. The van der Waals surface area contributed by atoms with Gasteiger partial charge in [0.15, 0.2) is 0 Å². The largest absolute Gasteiger partial charge is 0.449 e. The molecule has 18 heavy (non-hydrogen) atoms. The summed E-state index contributed by atoms with van der Waals surface area (Å²) in [6.07, 6.45) is -3.79. The van der Waals surface area contributed by atoms with Crippen molar-refractivity contribution in [2.45, 2.75) is 19.0 Å². The minimum atomic E-state index is -4.38. The lowest BCUT2D eigenvalue weighted by atomic mass is 10.2. The number of hydrogen-bond acceptors (Lipinski definition) is 2. The van der Waals surface area contributed by atoms with E-state index in [9.17, 15) is 18.0 Å². The second-order valence-electron chi connectivity index (χ2n) is 3.54. The average Bonchev–Trinajstić information content (AvgIpc) is 2.29. The van der Waals surface area contributed by atoms with Crippen LogP contribution in [0.15, 0.2) is 24.3 Å². The minimum Gasteiger partial charge on any atom is -0.449 e. The molecule has 0 saturated carbocycles. The van der Waals surface area contributed by atoms with Crippen molar-refractivity contribution in [1.29, 1.82) is 0 Å². The average molecular weight is 260 g/mol. The lowest BCUT2D eigenvalue weighted by Crippen LogP contribution is -2.14. The molecule has 0 heterocycles. The van der Waals surface area contributed by atoms with Crippen molar-refractivity contribution in [2.24, 2.45) is 0 Å². The molecule has 0 aliphatic heterocycles. The molecule has 1 N–H and O–H groups in total. The van der Waals surface area contributed by atoms with Crippen molar-refractivity contribution >= 4 is 11.8 Å². The van der Waals surface area contributed by atoms with Crippen LogP contribution < -0.4 is 5.32 Å². The molecule has 1 radical (unpaired) electrons. The number of carbonyl (C=O) groups is 1. The standard InChI is InChI=1S/C12H13F3NO2/c1-2-3-8-18-11(17)16-10-6-4-9(5-7-10)12(13,14)15/h4-7H,1-3,8H2,(H,16,17). The Morgan fingerprint density at radius 1 is 1.28 bits per heavy atom. The Hall–Kier alpha value is -1.72. The van der Waals surface area contributed by atoms with Gasteiger partial charge >= 0.3 is 12.3 Å². The number of carbonyl (C=O) groups excluding carboxylic acids is 1. The molecule has 1 rings (SSSR count). The van der Waals surface area contributed by atoms with Crippen LogP contribution in [-0.4, -0.2) is 12.7 Å². The molecule has 0 aromatic heterocycles. The maximum atomic E-state index is 12.3. The fourth-order valence-electron chi connectivity index (χ4n) is 1.16. The Balaban J connectivity index is 2.51. The van der Waals surface area contributed by atoms with Gasteiger partial charge in [-0.05, 0) is 30.7 Å². The van der Waals surface area contributed by atoms with Gasteiger partial charge in [0.25, 0.3) is 0 Å². The fraction of sp³-hybridized carbons (Fsp3) is 0.333. The number of ether oxygens (including phenoxy) is 1. The summed E-state index contributed by atoms with van der Waals surface area (Å²) >= 11 is 0. The highest BCUT2D eigenvalue weighted by Gasteiger charge is 2.29. The molecular formula is C12H13F3NO2. The van der Waals surface area contributed by atoms with E-state index in [1.54, 1.807) is 0 Å². The van der Waals surface area contributed by atoms with Crippen LogP contribution in [-0.2, 0) is 10.9 Å². The maximum absolute atomic E-state index is 12.3. The van der Waals surface area contributed by atoms with E-state index in [2.05, 4.69) is 12.2 Å². The Labute approximate surface area is 103 Å². The Morgan fingerprint density at radius 3 is 2.39 bits per heavy atom. The van der Waals surface area contributed by atoms with Crippen LogP contribution in [0.1, 0.15) is 18.4 Å². The SMILES string of the molecule is [CH2]CCCOC(=O)Nc1ccc(C(F)(F)F)cc1. The fourth-order valence-corrected chi connectivity index (χ4v) is 1.16. The molecule has 0 spiro atoms. The van der Waals surface area contributed by atoms with Crippen molar-refractivity contribution in [2.75, 3.05) is 11.9 Å². The number of halogens is 3. The highest BCUT2D eigenvalue weighted by molar-refractivity contribution is 5.84. The van der Waals surface area contributed by atoms with Gasteiger partial charge in [-0.1, -0.05) is 13.3 Å². The Kier molecular flexibility index (Phi) is 5.00. The molecule has 0 unspecified atom stereocenters. The lowest BCUT2D eigenvalue weighted by Gasteiger charge is -2.09. The number of unbranched alkanes of at least 4 members (excludes halogenated alkanes) is 1. The van der Waals surface area contributed by atoms with E-state index in [0.29, 0.717) is 12.8 Å². The quantitative estimate of drug-likeness (QED) is 0.834. The zero-order valence-electron chi connectivity index (χ0n) is 9.59. The zero-order valence-corrected chi connectivity index (χ0v) is 9.59. The van der Waals surface area contributed by atoms with Gasteiger partial charge in [-0.25, -0.2) is 4.79 Å². The first-order valence-corrected chi connectivity index (χ1v) is 5.34. The molecule has 1 amide bonds. The number of amides is 1. The normalized spacial score (nSPS) is 11.1. The summed E-state index contributed by atoms with van der Waals surface area (Å²) in [6.45, 7) is 3.81. The van der Waals surface area contributed by atoms with Gasteiger partial charge in [0.2, 0.25) is 0 Å². The summed E-state index contributed by atoms with van der Waals surface area (Å²) in [5.74, 6) is 0. The van der Waals surface area contributed by atoms with E-state index in [-0.39, 0.29) is 12.3 Å². The number of alkyl halides is 3. The predicted molar refractivity (Wildman–Crippen MR) is 61.0 cm³/mol. The third-order valence-electron chi connectivity index (χ3n) is 2.09. The topological polar surface area (TPSA) is 38.3 Å². The van der Waals surface area contributed by atoms with Crippen molar-refractivity contribution in [3.8, 4) is 0 Å². The Bertz CT molecular complexity index is 387. The van der Waals surface area contributed by atoms with E-state index in [0.717, 1.165) is 12.1 Å². The van der Waals surface area contributed by atoms with E-state index >= 15 is 0 Å². The van der Waals surface area contributed by atoms with Gasteiger partial charge in [0.05, 0.1) is 12.2 Å². The molecule has 0 aliphatic carbocycles. The van der Waals surface area contributed by atoms with Crippen LogP contribution in [0.5, 0.6) is 0 Å². The van der Waals surface area contributed by atoms with Crippen molar-refractivity contribution in [3.63, 3.8) is 0 Å². The molecule has 1 aromatic rings. The van der Waals surface area contributed by atoms with Gasteiger partial charge in [-0.2, -0.15) is 13.2 Å². The molecule has 99 valence electrons. The zero-order chi connectivity index (χ0) is 13.6. The summed E-state index contributed by atoms with van der Waals surface area (Å²) in [5, 5.41) is 2.33. The maximum Gasteiger partial charge on any atom is 0.416 e. The van der Waals surface area contributed by atoms with Crippen LogP contribution >= 0.6 is 0 Å². The highest BCUT2D eigenvalue weighted by Crippen LogP contribution is 2.29. The first-order valence-electron chi connectivity index (χ1n) is 5.34. The summed E-state index contributed by atoms with van der Waals surface area (Å²) in [6, 6.07) is 4.13. The molecule has 0 atom stereocenters. The summed E-state index contributed by atoms with van der Waals surface area (Å²) in [7, 11) is 0. The van der Waals surface area contributed by atoms with Crippen LogP contribution in [0.2, 0.25) is 0 Å². The molecule has 0 aliphatic rings. The van der Waals surface area contributed by atoms with Crippen molar-refractivity contribution in [3.05, 3.63) is 36.8 Å². The van der Waals surface area contributed by atoms with E-state index in [1.165, 1.54) is 12.1 Å². The molecule has 0 fully saturated rings. The number of anilines is 1. The van der Waals surface area contributed by atoms with Crippen molar-refractivity contribution in [1.82, 2.24) is 0 Å². The summed E-state index contributed by atoms with van der Waals surface area (Å²) < 4.78 is 41.6. The highest BCUT2D eigenvalue weighted by atomic mass is 19.4. The smallest absolute Gasteiger partial charge is 0.416 e. The second-order valence-corrected chi connectivity index (χ2v) is 3.54. The van der Waals surface area contributed by atoms with Crippen molar-refractivity contribution < 1.29 is 22.7 Å². The van der Waals surface area contributed by atoms with Gasteiger partial charge in [-0.3, -0.25) is 5.32 Å². The summed E-state index contributed by atoms with van der Waals surface area (Å²) in [5.41, 5.74) is -0.513.